The number of hydrogen-bond acceptors (Lipinski definition) is 6. The van der Waals surface area contributed by atoms with Gasteiger partial charge in [-0.25, -0.2) is 18.7 Å². The second kappa shape index (κ2) is 11.1. The first-order valence-corrected chi connectivity index (χ1v) is 13.8. The van der Waals surface area contributed by atoms with Gasteiger partial charge in [-0.2, -0.15) is 0 Å². The fourth-order valence-electron chi connectivity index (χ4n) is 5.71. The Kier molecular flexibility index (Phi) is 7.83. The number of piperidine rings is 1. The van der Waals surface area contributed by atoms with Crippen molar-refractivity contribution in [3.8, 4) is 17.6 Å². The first-order chi connectivity index (χ1) is 17.8. The fraction of sp³-hybridized carbons (Fsp3) is 0.655. The molecule has 1 aromatic carbocycles. The van der Waals surface area contributed by atoms with Gasteiger partial charge in [0.25, 0.3) is 0 Å². The molecule has 0 atom stereocenters. The van der Waals surface area contributed by atoms with Gasteiger partial charge in [0.2, 0.25) is 5.92 Å². The third kappa shape index (κ3) is 6.15. The lowest BCUT2D eigenvalue weighted by Gasteiger charge is -2.36. The van der Waals surface area contributed by atoms with Crippen LogP contribution < -0.4 is 10.1 Å². The molecule has 1 saturated carbocycles. The summed E-state index contributed by atoms with van der Waals surface area (Å²) >= 11 is 0. The van der Waals surface area contributed by atoms with Gasteiger partial charge in [-0.1, -0.05) is 11.8 Å². The minimum atomic E-state index is -2.62. The van der Waals surface area contributed by atoms with E-state index in [-0.39, 0.29) is 24.8 Å². The number of ether oxygens (including phenoxy) is 1. The molecule has 3 heterocycles. The van der Waals surface area contributed by atoms with E-state index in [1.807, 2.05) is 12.1 Å². The molecule has 8 heteroatoms. The maximum Gasteiger partial charge on any atom is 0.249 e. The monoisotopic (exact) mass is 511 g/mol. The molecule has 1 aliphatic carbocycles. The van der Waals surface area contributed by atoms with Crippen molar-refractivity contribution in [2.45, 2.75) is 82.7 Å². The van der Waals surface area contributed by atoms with E-state index in [2.05, 4.69) is 40.8 Å². The smallest absolute Gasteiger partial charge is 0.249 e. The van der Waals surface area contributed by atoms with E-state index in [9.17, 15) is 8.78 Å². The molecule has 1 N–H and O–H groups in total. The molecule has 2 aromatic rings. The summed E-state index contributed by atoms with van der Waals surface area (Å²) in [5.41, 5.74) is 1.50. The van der Waals surface area contributed by atoms with Crippen LogP contribution in [-0.4, -0.2) is 77.6 Å². The van der Waals surface area contributed by atoms with Gasteiger partial charge in [0.15, 0.2) is 0 Å². The maximum absolute atomic E-state index is 13.7. The predicted molar refractivity (Wildman–Crippen MR) is 144 cm³/mol. The molecule has 6 nitrogen and oxygen atoms in total. The molecule has 0 amide bonds. The summed E-state index contributed by atoms with van der Waals surface area (Å²) in [5.74, 6) is 5.53. The Morgan fingerprint density at radius 3 is 2.49 bits per heavy atom. The molecule has 0 unspecified atom stereocenters. The molecule has 0 bridgehead atoms. The number of fused-ring (bicyclic) bond motifs is 1. The number of benzene rings is 1. The van der Waals surface area contributed by atoms with Crippen LogP contribution in [0.1, 0.15) is 76.1 Å². The van der Waals surface area contributed by atoms with E-state index in [4.69, 9.17) is 14.7 Å². The second-order valence-electron chi connectivity index (χ2n) is 11.1. The van der Waals surface area contributed by atoms with Gasteiger partial charge in [-0.05, 0) is 64.8 Å². The number of hydrogen-bond donors (Lipinski definition) is 1. The van der Waals surface area contributed by atoms with E-state index in [1.54, 1.807) is 7.11 Å². The van der Waals surface area contributed by atoms with Crippen molar-refractivity contribution < 1.29 is 13.5 Å². The van der Waals surface area contributed by atoms with Crippen LogP contribution in [0.2, 0.25) is 0 Å². The van der Waals surface area contributed by atoms with E-state index in [1.165, 1.54) is 12.8 Å². The Labute approximate surface area is 219 Å². The largest absolute Gasteiger partial charge is 0.495 e. The molecule has 1 aromatic heterocycles. The van der Waals surface area contributed by atoms with Gasteiger partial charge in [-0.15, -0.1) is 0 Å². The Balaban J connectivity index is 1.42. The SMILES string of the molecule is COc1cc2c(NC3CCN(C(C)C)CC3)nc(C3CC(F)(F)C3)nc2cc1C#CCCN1CCCC1. The number of rotatable bonds is 7. The predicted octanol–water partition coefficient (Wildman–Crippen LogP) is 5.27. The van der Waals surface area contributed by atoms with Crippen molar-refractivity contribution in [1.82, 2.24) is 19.8 Å². The average molecular weight is 512 g/mol. The van der Waals surface area contributed by atoms with Gasteiger partial charge in [0, 0.05) is 62.3 Å². The zero-order valence-corrected chi connectivity index (χ0v) is 22.3. The third-order valence-electron chi connectivity index (χ3n) is 8.06. The van der Waals surface area contributed by atoms with E-state index in [0.29, 0.717) is 23.4 Å². The molecular weight excluding hydrogens is 472 g/mol. The number of nitrogens with one attached hydrogen (secondary N) is 1. The standard InChI is InChI=1S/C29H39F2N5O/c1-20(2)36-14-9-23(10-15-36)32-28-24-17-26(37-3)21(8-4-5-11-35-12-6-7-13-35)16-25(24)33-27(34-28)22-18-29(30,31)19-22/h16-17,20,22-23H,5-7,9-15,18-19H2,1-3H3,(H,32,33,34). The summed E-state index contributed by atoms with van der Waals surface area (Å²) in [6.45, 7) is 9.81. The molecule has 0 radical (unpaired) electrons. The zero-order valence-electron chi connectivity index (χ0n) is 22.3. The minimum absolute atomic E-state index is 0.190. The van der Waals surface area contributed by atoms with Crippen LogP contribution in [0.3, 0.4) is 0 Å². The van der Waals surface area contributed by atoms with Gasteiger partial charge >= 0.3 is 0 Å². The van der Waals surface area contributed by atoms with Gasteiger partial charge in [0.1, 0.15) is 17.4 Å². The van der Waals surface area contributed by atoms with E-state index in [0.717, 1.165) is 68.5 Å². The van der Waals surface area contributed by atoms with Crippen LogP contribution in [0.4, 0.5) is 14.6 Å². The van der Waals surface area contributed by atoms with E-state index < -0.39 is 5.92 Å². The lowest BCUT2D eigenvalue weighted by Crippen LogP contribution is -2.42. The summed E-state index contributed by atoms with van der Waals surface area (Å²) < 4.78 is 33.1. The first-order valence-electron chi connectivity index (χ1n) is 13.8. The minimum Gasteiger partial charge on any atom is -0.495 e. The lowest BCUT2D eigenvalue weighted by atomic mass is 9.80. The molecule has 0 spiro atoms. The van der Waals surface area contributed by atoms with Crippen molar-refractivity contribution in [2.24, 2.45) is 0 Å². The van der Waals surface area contributed by atoms with Crippen LogP contribution in [-0.2, 0) is 0 Å². The summed E-state index contributed by atoms with van der Waals surface area (Å²) in [4.78, 5) is 14.5. The number of likely N-dealkylation sites (tertiary alicyclic amines) is 2. The topological polar surface area (TPSA) is 53.5 Å². The second-order valence-corrected chi connectivity index (χ2v) is 11.1. The van der Waals surface area contributed by atoms with E-state index >= 15 is 0 Å². The van der Waals surface area contributed by atoms with Crippen molar-refractivity contribution in [3.05, 3.63) is 23.5 Å². The fourth-order valence-corrected chi connectivity index (χ4v) is 5.71. The van der Waals surface area contributed by atoms with Gasteiger partial charge in [-0.3, -0.25) is 0 Å². The lowest BCUT2D eigenvalue weighted by molar-refractivity contribution is -0.0884. The molecule has 200 valence electrons. The highest BCUT2D eigenvalue weighted by Gasteiger charge is 2.47. The quantitative estimate of drug-likeness (QED) is 0.511. The number of alkyl halides is 2. The average Bonchev–Trinajstić information content (AvgIpc) is 3.38. The molecule has 5 rings (SSSR count). The highest BCUT2D eigenvalue weighted by molar-refractivity contribution is 5.92. The molecular formula is C29H39F2N5O. The number of nitrogens with zero attached hydrogens (tertiary/aromatic N) is 4. The molecule has 2 aliphatic heterocycles. The van der Waals surface area contributed by atoms with Crippen LogP contribution in [0, 0.1) is 11.8 Å². The van der Waals surface area contributed by atoms with Crippen molar-refractivity contribution >= 4 is 16.7 Å². The summed E-state index contributed by atoms with van der Waals surface area (Å²) in [7, 11) is 1.65. The Morgan fingerprint density at radius 2 is 1.84 bits per heavy atom. The summed E-state index contributed by atoms with van der Waals surface area (Å²) in [6, 6.07) is 4.70. The highest BCUT2D eigenvalue weighted by Crippen LogP contribution is 2.48. The van der Waals surface area contributed by atoms with Crippen molar-refractivity contribution in [1.29, 1.82) is 0 Å². The molecule has 3 aliphatic rings. The summed E-state index contributed by atoms with van der Waals surface area (Å²) in [5, 5.41) is 4.49. The molecule has 37 heavy (non-hydrogen) atoms. The number of halogens is 2. The Hall–Kier alpha value is -2.50. The van der Waals surface area contributed by atoms with Crippen molar-refractivity contribution in [2.75, 3.05) is 45.2 Å². The Morgan fingerprint density at radius 1 is 1.11 bits per heavy atom. The normalized spacial score (nSPS) is 21.1. The van der Waals surface area contributed by atoms with Crippen LogP contribution in [0.25, 0.3) is 10.9 Å². The number of aromatic nitrogens is 2. The third-order valence-corrected chi connectivity index (χ3v) is 8.06. The number of methoxy groups -OCH3 is 1. The maximum atomic E-state index is 13.7. The summed E-state index contributed by atoms with van der Waals surface area (Å²) in [6.07, 6.45) is 4.99. The van der Waals surface area contributed by atoms with Crippen LogP contribution >= 0.6 is 0 Å². The van der Waals surface area contributed by atoms with Crippen LogP contribution in [0.5, 0.6) is 5.75 Å². The van der Waals surface area contributed by atoms with Gasteiger partial charge in [0.05, 0.1) is 18.2 Å². The molecule has 2 saturated heterocycles. The number of anilines is 1. The zero-order chi connectivity index (χ0) is 26.0. The van der Waals surface area contributed by atoms with Crippen LogP contribution in [0.15, 0.2) is 12.1 Å². The van der Waals surface area contributed by atoms with Gasteiger partial charge < -0.3 is 19.9 Å². The highest BCUT2D eigenvalue weighted by atomic mass is 19.3. The molecule has 3 fully saturated rings. The Bertz CT molecular complexity index is 1150. The first kappa shape index (κ1) is 26.1. The van der Waals surface area contributed by atoms with Crippen molar-refractivity contribution in [3.63, 3.8) is 0 Å².